The van der Waals surface area contributed by atoms with Crippen molar-refractivity contribution >= 4 is 11.9 Å². The highest BCUT2D eigenvalue weighted by Crippen LogP contribution is 2.27. The summed E-state index contributed by atoms with van der Waals surface area (Å²) in [7, 11) is 0. The molecule has 1 saturated heterocycles. The molecule has 2 fully saturated rings. The fourth-order valence-electron chi connectivity index (χ4n) is 3.10. The number of nitrogens with one attached hydrogen (secondary N) is 1. The summed E-state index contributed by atoms with van der Waals surface area (Å²) in [5.74, 6) is -0.466. The van der Waals surface area contributed by atoms with Gasteiger partial charge in [-0.25, -0.2) is 0 Å². The van der Waals surface area contributed by atoms with Gasteiger partial charge in [0.05, 0.1) is 5.92 Å². The Morgan fingerprint density at radius 2 is 1.90 bits per heavy atom. The highest BCUT2D eigenvalue weighted by Gasteiger charge is 2.37. The summed E-state index contributed by atoms with van der Waals surface area (Å²) in [6.45, 7) is 7.58. The molecule has 2 unspecified atom stereocenters. The Labute approximate surface area is 127 Å². The van der Waals surface area contributed by atoms with Crippen molar-refractivity contribution in [3.63, 3.8) is 0 Å². The van der Waals surface area contributed by atoms with Gasteiger partial charge in [-0.3, -0.25) is 9.59 Å². The summed E-state index contributed by atoms with van der Waals surface area (Å²) in [6, 6.07) is 0.103. The van der Waals surface area contributed by atoms with E-state index in [1.807, 2.05) is 20.8 Å². The predicted octanol–water partition coefficient (Wildman–Crippen LogP) is 1.72. The van der Waals surface area contributed by atoms with E-state index in [9.17, 15) is 14.7 Å². The third-order valence-corrected chi connectivity index (χ3v) is 4.65. The van der Waals surface area contributed by atoms with Gasteiger partial charge >= 0.3 is 5.97 Å². The molecule has 2 rings (SSSR count). The number of amides is 1. The highest BCUT2D eigenvalue weighted by molar-refractivity contribution is 5.82. The molecule has 0 aromatic heterocycles. The fourth-order valence-corrected chi connectivity index (χ4v) is 3.10. The molecule has 5 nitrogen and oxygen atoms in total. The molecule has 0 aromatic carbocycles. The van der Waals surface area contributed by atoms with Crippen LogP contribution in [0.5, 0.6) is 0 Å². The van der Waals surface area contributed by atoms with Gasteiger partial charge in [0.15, 0.2) is 0 Å². The van der Waals surface area contributed by atoms with Crippen molar-refractivity contribution < 1.29 is 14.7 Å². The van der Waals surface area contributed by atoms with E-state index in [1.54, 1.807) is 4.90 Å². The minimum atomic E-state index is -0.795. The number of hydrogen-bond donors (Lipinski definition) is 2. The number of carbonyl (C=O) groups excluding carboxylic acids is 1. The molecule has 2 atom stereocenters. The second-order valence-electron chi connectivity index (χ2n) is 7.63. The molecule has 1 saturated carbocycles. The Balaban J connectivity index is 1.97. The summed E-state index contributed by atoms with van der Waals surface area (Å²) >= 11 is 0. The van der Waals surface area contributed by atoms with Crippen LogP contribution in [0.25, 0.3) is 0 Å². The van der Waals surface area contributed by atoms with Gasteiger partial charge in [0.25, 0.3) is 0 Å². The normalized spacial score (nSPS) is 27.3. The molecule has 1 amide bonds. The number of likely N-dealkylation sites (tertiary alicyclic amines) is 1. The highest BCUT2D eigenvalue weighted by atomic mass is 16.4. The Morgan fingerprint density at radius 1 is 1.24 bits per heavy atom. The molecular formula is C16H28N2O3. The first-order chi connectivity index (χ1) is 9.77. The van der Waals surface area contributed by atoms with Crippen molar-refractivity contribution in [1.82, 2.24) is 10.2 Å². The summed E-state index contributed by atoms with van der Waals surface area (Å²) in [5, 5.41) is 12.8. The van der Waals surface area contributed by atoms with E-state index >= 15 is 0 Å². The fraction of sp³-hybridized carbons (Fsp3) is 0.875. The smallest absolute Gasteiger partial charge is 0.308 e. The number of rotatable bonds is 4. The second-order valence-corrected chi connectivity index (χ2v) is 7.63. The molecule has 0 aromatic rings. The third-order valence-electron chi connectivity index (χ3n) is 4.65. The molecule has 21 heavy (non-hydrogen) atoms. The Hall–Kier alpha value is -1.10. The van der Waals surface area contributed by atoms with Crippen molar-refractivity contribution in [2.24, 2.45) is 17.3 Å². The lowest BCUT2D eigenvalue weighted by Gasteiger charge is -2.40. The van der Waals surface area contributed by atoms with Crippen molar-refractivity contribution in [2.75, 3.05) is 19.6 Å². The molecule has 0 radical (unpaired) electrons. The molecule has 1 aliphatic carbocycles. The van der Waals surface area contributed by atoms with Crippen LogP contribution in [-0.4, -0.2) is 47.6 Å². The van der Waals surface area contributed by atoms with Gasteiger partial charge in [0.1, 0.15) is 0 Å². The zero-order valence-electron chi connectivity index (χ0n) is 13.4. The standard InChI is InChI=1S/C16H28N2O3/c1-16(2,3)15(21)18-9-12(14(19)20)7-13(10-18)17-8-11-5-4-6-11/h11-13,17H,4-10H2,1-3H3,(H,19,20). The largest absolute Gasteiger partial charge is 0.481 e. The Kier molecular flexibility index (Phi) is 4.91. The van der Waals surface area contributed by atoms with Crippen LogP contribution in [0.15, 0.2) is 0 Å². The number of aliphatic carboxylic acids is 1. The van der Waals surface area contributed by atoms with Crippen LogP contribution in [0, 0.1) is 17.3 Å². The van der Waals surface area contributed by atoms with Gasteiger partial charge in [0.2, 0.25) is 5.91 Å². The van der Waals surface area contributed by atoms with Gasteiger partial charge in [-0.1, -0.05) is 27.2 Å². The van der Waals surface area contributed by atoms with Crippen molar-refractivity contribution in [2.45, 2.75) is 52.5 Å². The monoisotopic (exact) mass is 296 g/mol. The van der Waals surface area contributed by atoms with Crippen molar-refractivity contribution in [3.05, 3.63) is 0 Å². The Bertz CT molecular complexity index is 399. The molecule has 2 N–H and O–H groups in total. The van der Waals surface area contributed by atoms with E-state index in [1.165, 1.54) is 19.3 Å². The van der Waals surface area contributed by atoms with Crippen LogP contribution in [0.3, 0.4) is 0 Å². The zero-order valence-corrected chi connectivity index (χ0v) is 13.4. The van der Waals surface area contributed by atoms with Crippen LogP contribution in [-0.2, 0) is 9.59 Å². The summed E-state index contributed by atoms with van der Waals surface area (Å²) < 4.78 is 0. The quantitative estimate of drug-likeness (QED) is 0.829. The molecule has 0 bridgehead atoms. The van der Waals surface area contributed by atoms with Gasteiger partial charge in [-0.15, -0.1) is 0 Å². The van der Waals surface area contributed by atoms with E-state index < -0.39 is 17.3 Å². The maximum Gasteiger partial charge on any atom is 0.308 e. The Morgan fingerprint density at radius 3 is 2.38 bits per heavy atom. The molecule has 2 aliphatic rings. The maximum absolute atomic E-state index is 12.4. The topological polar surface area (TPSA) is 69.6 Å². The van der Waals surface area contributed by atoms with Gasteiger partial charge in [-0.05, 0) is 31.7 Å². The van der Waals surface area contributed by atoms with Gasteiger partial charge in [0, 0.05) is 24.5 Å². The summed E-state index contributed by atoms with van der Waals surface area (Å²) in [6.07, 6.45) is 4.47. The lowest BCUT2D eigenvalue weighted by atomic mass is 9.84. The number of nitrogens with zero attached hydrogens (tertiary/aromatic N) is 1. The first-order valence-electron chi connectivity index (χ1n) is 8.03. The van der Waals surface area contributed by atoms with E-state index in [4.69, 9.17) is 0 Å². The molecule has 1 heterocycles. The van der Waals surface area contributed by atoms with Gasteiger partial charge in [-0.2, -0.15) is 0 Å². The number of carboxylic acid groups (broad SMARTS) is 1. The average molecular weight is 296 g/mol. The zero-order chi connectivity index (χ0) is 15.6. The summed E-state index contributed by atoms with van der Waals surface area (Å²) in [4.78, 5) is 25.5. The molecule has 120 valence electrons. The minimum absolute atomic E-state index is 0.0453. The molecular weight excluding hydrogens is 268 g/mol. The number of carbonyl (C=O) groups is 2. The van der Waals surface area contributed by atoms with Crippen LogP contribution in [0.1, 0.15) is 46.5 Å². The van der Waals surface area contributed by atoms with E-state index in [0.717, 1.165) is 12.5 Å². The first-order valence-corrected chi connectivity index (χ1v) is 8.03. The van der Waals surface area contributed by atoms with Crippen LogP contribution < -0.4 is 5.32 Å². The van der Waals surface area contributed by atoms with Crippen LogP contribution in [0.4, 0.5) is 0 Å². The van der Waals surface area contributed by atoms with Crippen LogP contribution >= 0.6 is 0 Å². The van der Waals surface area contributed by atoms with Crippen LogP contribution in [0.2, 0.25) is 0 Å². The number of carboxylic acids is 1. The first kappa shape index (κ1) is 16.3. The minimum Gasteiger partial charge on any atom is -0.481 e. The SMILES string of the molecule is CC(C)(C)C(=O)N1CC(NCC2CCC2)CC(C(=O)O)C1. The lowest BCUT2D eigenvalue weighted by molar-refractivity contribution is -0.149. The van der Waals surface area contributed by atoms with E-state index in [0.29, 0.717) is 19.5 Å². The number of piperidine rings is 1. The van der Waals surface area contributed by atoms with Crippen molar-refractivity contribution in [3.8, 4) is 0 Å². The third kappa shape index (κ3) is 4.19. The maximum atomic E-state index is 12.4. The predicted molar refractivity (Wildman–Crippen MR) is 80.9 cm³/mol. The van der Waals surface area contributed by atoms with E-state index in [2.05, 4.69) is 5.32 Å². The second kappa shape index (κ2) is 6.34. The molecule has 1 aliphatic heterocycles. The van der Waals surface area contributed by atoms with E-state index in [-0.39, 0.29) is 11.9 Å². The molecule has 5 heteroatoms. The number of hydrogen-bond acceptors (Lipinski definition) is 3. The summed E-state index contributed by atoms with van der Waals surface area (Å²) in [5.41, 5.74) is -0.459. The average Bonchev–Trinajstić information content (AvgIpc) is 2.34. The molecule has 0 spiro atoms. The lowest BCUT2D eigenvalue weighted by Crippen LogP contribution is -2.55. The van der Waals surface area contributed by atoms with Gasteiger partial charge < -0.3 is 15.3 Å². The van der Waals surface area contributed by atoms with Crippen molar-refractivity contribution in [1.29, 1.82) is 0 Å².